The lowest BCUT2D eigenvalue weighted by Crippen LogP contribution is -2.06. The number of rotatable bonds is 3. The van der Waals surface area contributed by atoms with Crippen molar-refractivity contribution in [2.45, 2.75) is 13.3 Å². The van der Waals surface area contributed by atoms with E-state index in [1.807, 2.05) is 18.2 Å². The zero-order valence-electron chi connectivity index (χ0n) is 9.72. The Balaban J connectivity index is 2.29. The molecule has 18 heavy (non-hydrogen) atoms. The van der Waals surface area contributed by atoms with Gasteiger partial charge in [-0.1, -0.05) is 29.8 Å². The maximum atomic E-state index is 10.8. The quantitative estimate of drug-likeness (QED) is 0.924. The molecule has 0 fully saturated rings. The summed E-state index contributed by atoms with van der Waals surface area (Å²) in [5.41, 5.74) is 1.50. The molecule has 1 aromatic heterocycles. The van der Waals surface area contributed by atoms with Gasteiger partial charge in [0, 0.05) is 17.6 Å². The van der Waals surface area contributed by atoms with Gasteiger partial charge in [0.05, 0.1) is 11.3 Å². The average Bonchev–Trinajstić information content (AvgIpc) is 2.32. The normalized spacial score (nSPS) is 10.3. The summed E-state index contributed by atoms with van der Waals surface area (Å²) in [7, 11) is 0. The number of aryl methyl sites for hydroxylation is 1. The Morgan fingerprint density at radius 3 is 2.72 bits per heavy atom. The van der Waals surface area contributed by atoms with Gasteiger partial charge in [0.2, 0.25) is 0 Å². The van der Waals surface area contributed by atoms with E-state index in [4.69, 9.17) is 16.7 Å². The highest BCUT2D eigenvalue weighted by molar-refractivity contribution is 6.31. The zero-order chi connectivity index (χ0) is 13.1. The van der Waals surface area contributed by atoms with Crippen LogP contribution in [0.15, 0.2) is 30.5 Å². The second kappa shape index (κ2) is 5.14. The van der Waals surface area contributed by atoms with Gasteiger partial charge in [0.25, 0.3) is 0 Å². The maximum absolute atomic E-state index is 10.8. The lowest BCUT2D eigenvalue weighted by Gasteiger charge is -2.05. The fraction of sp³-hybridized carbons (Fsp3) is 0.154. The van der Waals surface area contributed by atoms with Crippen molar-refractivity contribution in [3.8, 4) is 0 Å². The number of halogens is 1. The third kappa shape index (κ3) is 2.65. The largest absolute Gasteiger partial charge is 0.478 e. The van der Waals surface area contributed by atoms with Crippen molar-refractivity contribution in [2.75, 3.05) is 0 Å². The van der Waals surface area contributed by atoms with Gasteiger partial charge in [-0.2, -0.15) is 0 Å². The molecule has 0 aliphatic heterocycles. The first-order valence-corrected chi connectivity index (χ1v) is 5.75. The molecule has 1 N–H and O–H groups in total. The van der Waals surface area contributed by atoms with Crippen molar-refractivity contribution in [1.82, 2.24) is 9.97 Å². The molecular weight excluding hydrogens is 252 g/mol. The minimum Gasteiger partial charge on any atom is -0.478 e. The topological polar surface area (TPSA) is 63.1 Å². The molecule has 0 saturated carbocycles. The van der Waals surface area contributed by atoms with Crippen LogP contribution in [0.5, 0.6) is 0 Å². The monoisotopic (exact) mass is 262 g/mol. The van der Waals surface area contributed by atoms with Crippen molar-refractivity contribution >= 4 is 17.6 Å². The molecule has 0 atom stereocenters. The van der Waals surface area contributed by atoms with Crippen molar-refractivity contribution in [3.05, 3.63) is 58.1 Å². The van der Waals surface area contributed by atoms with Gasteiger partial charge in [-0.15, -0.1) is 0 Å². The number of carboxylic acids is 1. The van der Waals surface area contributed by atoms with E-state index in [9.17, 15) is 4.79 Å². The van der Waals surface area contributed by atoms with Crippen LogP contribution in [0.25, 0.3) is 0 Å². The van der Waals surface area contributed by atoms with E-state index in [-0.39, 0.29) is 5.56 Å². The minimum atomic E-state index is -1.02. The van der Waals surface area contributed by atoms with Crippen molar-refractivity contribution in [2.24, 2.45) is 0 Å². The van der Waals surface area contributed by atoms with E-state index in [0.717, 1.165) is 5.56 Å². The molecule has 0 bridgehead atoms. The first kappa shape index (κ1) is 12.5. The molecule has 0 amide bonds. The van der Waals surface area contributed by atoms with E-state index in [2.05, 4.69) is 9.97 Å². The molecule has 0 spiro atoms. The Morgan fingerprint density at radius 2 is 2.11 bits per heavy atom. The van der Waals surface area contributed by atoms with Crippen LogP contribution in [0.2, 0.25) is 5.02 Å². The Kier molecular flexibility index (Phi) is 3.58. The van der Waals surface area contributed by atoms with Crippen LogP contribution < -0.4 is 0 Å². The molecule has 1 aromatic carbocycles. The summed E-state index contributed by atoms with van der Waals surface area (Å²) in [6.07, 6.45) is 1.82. The van der Waals surface area contributed by atoms with Crippen LogP contribution in [0.4, 0.5) is 0 Å². The summed E-state index contributed by atoms with van der Waals surface area (Å²) in [4.78, 5) is 19.1. The molecule has 2 aromatic rings. The summed E-state index contributed by atoms with van der Waals surface area (Å²) in [5.74, 6) is -0.456. The lowest BCUT2D eigenvalue weighted by molar-refractivity contribution is 0.0695. The molecule has 2 rings (SSSR count). The molecule has 0 radical (unpaired) electrons. The molecule has 92 valence electrons. The highest BCUT2D eigenvalue weighted by Crippen LogP contribution is 2.17. The number of benzene rings is 1. The number of aromatic carboxylic acids is 1. The molecule has 0 aliphatic rings. The second-order valence-electron chi connectivity index (χ2n) is 3.86. The summed E-state index contributed by atoms with van der Waals surface area (Å²) < 4.78 is 0. The highest BCUT2D eigenvalue weighted by atomic mass is 35.5. The van der Waals surface area contributed by atoms with E-state index in [1.54, 1.807) is 13.0 Å². The predicted octanol–water partition coefficient (Wildman–Crippen LogP) is 2.73. The van der Waals surface area contributed by atoms with Crippen LogP contribution >= 0.6 is 11.6 Å². The van der Waals surface area contributed by atoms with Crippen LogP contribution in [0.1, 0.15) is 27.4 Å². The van der Waals surface area contributed by atoms with Gasteiger partial charge >= 0.3 is 5.97 Å². The predicted molar refractivity (Wildman–Crippen MR) is 68.0 cm³/mol. The number of nitrogens with zero attached hydrogens (tertiary/aromatic N) is 2. The fourth-order valence-electron chi connectivity index (χ4n) is 1.62. The summed E-state index contributed by atoms with van der Waals surface area (Å²) >= 11 is 6.05. The number of aromatic nitrogens is 2. The van der Waals surface area contributed by atoms with Gasteiger partial charge in [-0.25, -0.2) is 14.8 Å². The minimum absolute atomic E-state index is 0.123. The lowest BCUT2D eigenvalue weighted by atomic mass is 10.1. The third-order valence-corrected chi connectivity index (χ3v) is 2.93. The van der Waals surface area contributed by atoms with Crippen LogP contribution in [0.3, 0.4) is 0 Å². The van der Waals surface area contributed by atoms with Crippen LogP contribution in [-0.2, 0) is 6.42 Å². The van der Waals surface area contributed by atoms with Gasteiger partial charge in [0.1, 0.15) is 5.82 Å². The number of hydrogen-bond donors (Lipinski definition) is 1. The van der Waals surface area contributed by atoms with E-state index >= 15 is 0 Å². The molecule has 5 heteroatoms. The van der Waals surface area contributed by atoms with Gasteiger partial charge < -0.3 is 5.11 Å². The molecule has 1 heterocycles. The van der Waals surface area contributed by atoms with Crippen molar-refractivity contribution in [3.63, 3.8) is 0 Å². The first-order valence-electron chi connectivity index (χ1n) is 5.37. The Morgan fingerprint density at radius 1 is 1.39 bits per heavy atom. The summed E-state index contributed by atoms with van der Waals surface area (Å²) in [6.45, 7) is 1.65. The average molecular weight is 263 g/mol. The highest BCUT2D eigenvalue weighted by Gasteiger charge is 2.10. The standard InChI is InChI=1S/C13H11ClN2O2/c1-8-10(13(17)18)7-15-12(16-8)6-9-4-2-3-5-11(9)14/h2-5,7H,6H2,1H3,(H,17,18). The van der Waals surface area contributed by atoms with Crippen molar-refractivity contribution < 1.29 is 9.90 Å². The SMILES string of the molecule is Cc1nc(Cc2ccccc2Cl)ncc1C(=O)O. The van der Waals surface area contributed by atoms with E-state index in [0.29, 0.717) is 23.0 Å². The van der Waals surface area contributed by atoms with Crippen molar-refractivity contribution in [1.29, 1.82) is 0 Å². The first-order chi connectivity index (χ1) is 8.58. The number of hydrogen-bond acceptors (Lipinski definition) is 3. The van der Waals surface area contributed by atoms with Crippen LogP contribution in [0, 0.1) is 6.92 Å². The third-order valence-electron chi connectivity index (χ3n) is 2.57. The second-order valence-corrected chi connectivity index (χ2v) is 4.27. The Bertz CT molecular complexity index is 599. The number of carboxylic acid groups (broad SMARTS) is 1. The van der Waals surface area contributed by atoms with E-state index in [1.165, 1.54) is 6.20 Å². The summed E-state index contributed by atoms with van der Waals surface area (Å²) in [5, 5.41) is 9.54. The Labute approximate surface area is 109 Å². The Hall–Kier alpha value is -1.94. The molecule has 0 aliphatic carbocycles. The maximum Gasteiger partial charge on any atom is 0.339 e. The van der Waals surface area contributed by atoms with Gasteiger partial charge in [0.15, 0.2) is 0 Å². The number of carbonyl (C=O) groups is 1. The summed E-state index contributed by atoms with van der Waals surface area (Å²) in [6, 6.07) is 7.44. The van der Waals surface area contributed by atoms with Gasteiger partial charge in [-0.05, 0) is 18.6 Å². The molecule has 4 nitrogen and oxygen atoms in total. The molecule has 0 saturated heterocycles. The van der Waals surface area contributed by atoms with E-state index < -0.39 is 5.97 Å². The molecular formula is C13H11ClN2O2. The zero-order valence-corrected chi connectivity index (χ0v) is 10.5. The van der Waals surface area contributed by atoms with Gasteiger partial charge in [-0.3, -0.25) is 0 Å². The van der Waals surface area contributed by atoms with Crippen LogP contribution in [-0.4, -0.2) is 21.0 Å². The smallest absolute Gasteiger partial charge is 0.339 e. The fourth-order valence-corrected chi connectivity index (χ4v) is 1.82. The molecule has 0 unspecified atom stereocenters.